The van der Waals surface area contributed by atoms with Crippen molar-refractivity contribution in [2.75, 3.05) is 7.11 Å². The monoisotopic (exact) mass is 184 g/mol. The fraction of sp³-hybridized carbons (Fsp3) is 1.00. The highest BCUT2D eigenvalue weighted by Crippen LogP contribution is 2.36. The Balaban J connectivity index is 2.52. The van der Waals surface area contributed by atoms with Crippen molar-refractivity contribution in [3.63, 3.8) is 0 Å². The minimum absolute atomic E-state index is 0.530. The van der Waals surface area contributed by atoms with Crippen molar-refractivity contribution in [2.45, 2.75) is 52.6 Å². The first-order valence-corrected chi connectivity index (χ1v) is 5.71. The van der Waals surface area contributed by atoms with Gasteiger partial charge in [-0.15, -0.1) is 0 Å². The second-order valence-electron chi connectivity index (χ2n) is 4.77. The Morgan fingerprint density at radius 3 is 2.46 bits per heavy atom. The second-order valence-corrected chi connectivity index (χ2v) is 4.77. The van der Waals surface area contributed by atoms with Gasteiger partial charge in [-0.25, -0.2) is 0 Å². The highest BCUT2D eigenvalue weighted by molar-refractivity contribution is 4.81. The van der Waals surface area contributed by atoms with Crippen molar-refractivity contribution in [1.29, 1.82) is 0 Å². The predicted octanol–water partition coefficient (Wildman–Crippen LogP) is 3.48. The van der Waals surface area contributed by atoms with E-state index in [1.165, 1.54) is 25.7 Å². The van der Waals surface area contributed by atoms with Gasteiger partial charge in [-0.3, -0.25) is 0 Å². The van der Waals surface area contributed by atoms with Gasteiger partial charge in [0.1, 0.15) is 0 Å². The molecule has 13 heavy (non-hydrogen) atoms. The zero-order valence-corrected chi connectivity index (χ0v) is 9.55. The number of methoxy groups -OCH3 is 1. The first-order chi connectivity index (χ1) is 6.19. The first kappa shape index (κ1) is 11.0. The van der Waals surface area contributed by atoms with Gasteiger partial charge in [-0.2, -0.15) is 0 Å². The number of rotatable bonds is 3. The van der Waals surface area contributed by atoms with Crippen LogP contribution in [0, 0.1) is 17.8 Å². The summed E-state index contributed by atoms with van der Waals surface area (Å²) in [6.45, 7) is 6.97. The first-order valence-electron chi connectivity index (χ1n) is 5.71. The molecule has 0 aliphatic heterocycles. The van der Waals surface area contributed by atoms with Crippen LogP contribution in [0.2, 0.25) is 0 Å². The van der Waals surface area contributed by atoms with Crippen molar-refractivity contribution >= 4 is 0 Å². The van der Waals surface area contributed by atoms with E-state index in [9.17, 15) is 0 Å². The number of ether oxygens (including phenoxy) is 1. The maximum absolute atomic E-state index is 5.56. The van der Waals surface area contributed by atoms with E-state index in [-0.39, 0.29) is 0 Å². The summed E-state index contributed by atoms with van der Waals surface area (Å²) < 4.78 is 5.56. The zero-order chi connectivity index (χ0) is 9.84. The van der Waals surface area contributed by atoms with Gasteiger partial charge in [0.25, 0.3) is 0 Å². The van der Waals surface area contributed by atoms with Crippen LogP contribution in [0.5, 0.6) is 0 Å². The summed E-state index contributed by atoms with van der Waals surface area (Å²) in [5.74, 6) is 2.53. The van der Waals surface area contributed by atoms with E-state index in [0.717, 1.165) is 17.8 Å². The Morgan fingerprint density at radius 1 is 1.31 bits per heavy atom. The molecule has 0 bridgehead atoms. The smallest absolute Gasteiger partial charge is 0.0602 e. The van der Waals surface area contributed by atoms with E-state index in [4.69, 9.17) is 4.74 Å². The van der Waals surface area contributed by atoms with Crippen molar-refractivity contribution in [3.05, 3.63) is 0 Å². The molecule has 1 rings (SSSR count). The summed E-state index contributed by atoms with van der Waals surface area (Å²) in [5, 5.41) is 0. The van der Waals surface area contributed by atoms with Crippen LogP contribution >= 0.6 is 0 Å². The van der Waals surface area contributed by atoms with Crippen LogP contribution in [0.15, 0.2) is 0 Å². The molecule has 0 aromatic rings. The maximum Gasteiger partial charge on any atom is 0.0602 e. The minimum Gasteiger partial charge on any atom is -0.381 e. The molecule has 0 radical (unpaired) electrons. The summed E-state index contributed by atoms with van der Waals surface area (Å²) in [4.78, 5) is 0. The standard InChI is InChI=1S/C12H24O/c1-5-10-6-7-12(13-4)11(8-10)9(2)3/h9-12H,5-8H2,1-4H3/t10-,11+,12-/m0/s1. The average Bonchev–Trinajstić information content (AvgIpc) is 2.16. The summed E-state index contributed by atoms with van der Waals surface area (Å²) in [5.41, 5.74) is 0. The molecule has 1 aliphatic carbocycles. The molecule has 1 nitrogen and oxygen atoms in total. The van der Waals surface area contributed by atoms with Gasteiger partial charge in [-0.1, -0.05) is 27.2 Å². The SMILES string of the molecule is CC[C@H]1CC[C@H](OC)[C@@H](C(C)C)C1. The van der Waals surface area contributed by atoms with Crippen LogP contribution in [0.3, 0.4) is 0 Å². The lowest BCUT2D eigenvalue weighted by Crippen LogP contribution is -2.33. The van der Waals surface area contributed by atoms with Gasteiger partial charge >= 0.3 is 0 Å². The van der Waals surface area contributed by atoms with Crippen LogP contribution in [0.25, 0.3) is 0 Å². The fourth-order valence-electron chi connectivity index (χ4n) is 2.63. The van der Waals surface area contributed by atoms with E-state index in [0.29, 0.717) is 6.10 Å². The quantitative estimate of drug-likeness (QED) is 0.652. The molecule has 78 valence electrons. The van der Waals surface area contributed by atoms with E-state index in [1.54, 1.807) is 0 Å². The van der Waals surface area contributed by atoms with Crippen molar-refractivity contribution in [3.8, 4) is 0 Å². The van der Waals surface area contributed by atoms with Crippen LogP contribution < -0.4 is 0 Å². The molecule has 0 aromatic carbocycles. The molecule has 0 heterocycles. The Hall–Kier alpha value is -0.0400. The van der Waals surface area contributed by atoms with Crippen LogP contribution in [-0.2, 0) is 4.74 Å². The van der Waals surface area contributed by atoms with Gasteiger partial charge in [-0.05, 0) is 37.0 Å². The molecule has 0 amide bonds. The molecule has 0 N–H and O–H groups in total. The summed E-state index contributed by atoms with van der Waals surface area (Å²) in [6, 6.07) is 0. The summed E-state index contributed by atoms with van der Waals surface area (Å²) >= 11 is 0. The molecule has 0 saturated heterocycles. The zero-order valence-electron chi connectivity index (χ0n) is 9.55. The third-order valence-corrected chi connectivity index (χ3v) is 3.68. The molecule has 0 unspecified atom stereocenters. The molecular weight excluding hydrogens is 160 g/mol. The second kappa shape index (κ2) is 4.99. The van der Waals surface area contributed by atoms with Crippen LogP contribution in [0.4, 0.5) is 0 Å². The molecule has 1 aliphatic rings. The van der Waals surface area contributed by atoms with Crippen molar-refractivity contribution in [1.82, 2.24) is 0 Å². The lowest BCUT2D eigenvalue weighted by Gasteiger charge is -2.37. The maximum atomic E-state index is 5.56. The Labute approximate surface area is 82.9 Å². The third-order valence-electron chi connectivity index (χ3n) is 3.68. The largest absolute Gasteiger partial charge is 0.381 e. The van der Waals surface area contributed by atoms with E-state index in [1.807, 2.05) is 7.11 Å². The third kappa shape index (κ3) is 2.70. The van der Waals surface area contributed by atoms with Gasteiger partial charge in [0.2, 0.25) is 0 Å². The lowest BCUT2D eigenvalue weighted by atomic mass is 9.73. The van der Waals surface area contributed by atoms with Crippen molar-refractivity contribution in [2.24, 2.45) is 17.8 Å². The molecule has 1 saturated carbocycles. The minimum atomic E-state index is 0.530. The van der Waals surface area contributed by atoms with Gasteiger partial charge < -0.3 is 4.74 Å². The highest BCUT2D eigenvalue weighted by Gasteiger charge is 2.31. The van der Waals surface area contributed by atoms with Gasteiger partial charge in [0.15, 0.2) is 0 Å². The normalized spacial score (nSPS) is 35.3. The van der Waals surface area contributed by atoms with Crippen molar-refractivity contribution < 1.29 is 4.74 Å². The fourth-order valence-corrected chi connectivity index (χ4v) is 2.63. The van der Waals surface area contributed by atoms with Gasteiger partial charge in [0.05, 0.1) is 6.10 Å². The predicted molar refractivity (Wildman–Crippen MR) is 56.8 cm³/mol. The molecule has 1 heteroatoms. The van der Waals surface area contributed by atoms with Gasteiger partial charge in [0, 0.05) is 7.11 Å². The topological polar surface area (TPSA) is 9.23 Å². The highest BCUT2D eigenvalue weighted by atomic mass is 16.5. The molecule has 0 spiro atoms. The average molecular weight is 184 g/mol. The number of hydrogen-bond acceptors (Lipinski definition) is 1. The molecule has 1 fully saturated rings. The van der Waals surface area contributed by atoms with E-state index in [2.05, 4.69) is 20.8 Å². The molecule has 3 atom stereocenters. The van der Waals surface area contributed by atoms with Crippen LogP contribution in [0.1, 0.15) is 46.5 Å². The molecular formula is C12H24O. The Kier molecular flexibility index (Phi) is 4.24. The lowest BCUT2D eigenvalue weighted by molar-refractivity contribution is -0.0108. The number of hydrogen-bond donors (Lipinski definition) is 0. The summed E-state index contributed by atoms with van der Waals surface area (Å²) in [7, 11) is 1.87. The summed E-state index contributed by atoms with van der Waals surface area (Å²) in [6.07, 6.45) is 5.91. The molecule has 0 aromatic heterocycles. The van der Waals surface area contributed by atoms with E-state index >= 15 is 0 Å². The van der Waals surface area contributed by atoms with E-state index < -0.39 is 0 Å². The Bertz CT molecular complexity index is 142. The Morgan fingerprint density at radius 2 is 2.00 bits per heavy atom. The van der Waals surface area contributed by atoms with Crippen LogP contribution in [-0.4, -0.2) is 13.2 Å².